The van der Waals surface area contributed by atoms with E-state index in [1.54, 1.807) is 48.5 Å². The van der Waals surface area contributed by atoms with Gasteiger partial charge < -0.3 is 0 Å². The van der Waals surface area contributed by atoms with Crippen molar-refractivity contribution in [1.82, 2.24) is 15.0 Å². The van der Waals surface area contributed by atoms with E-state index < -0.39 is 21.5 Å². The molecule has 3 rings (SSSR count). The molecule has 1 aromatic heterocycles. The maximum atomic E-state index is 12.2. The van der Waals surface area contributed by atoms with Crippen LogP contribution in [-0.2, 0) is 15.6 Å². The summed E-state index contributed by atoms with van der Waals surface area (Å²) in [6.45, 7) is 0. The van der Waals surface area contributed by atoms with Crippen LogP contribution in [0, 0.1) is 0 Å². The fourth-order valence-corrected chi connectivity index (χ4v) is 3.61. The second-order valence-corrected chi connectivity index (χ2v) is 7.54. The van der Waals surface area contributed by atoms with Crippen molar-refractivity contribution in [3.8, 4) is 0 Å². The highest BCUT2D eigenvalue weighted by atomic mass is 35.5. The molecule has 0 bridgehead atoms. The lowest BCUT2D eigenvalue weighted by molar-refractivity contribution is 0.0928. The Morgan fingerprint density at radius 3 is 2.52 bits per heavy atom. The highest BCUT2D eigenvalue weighted by Gasteiger charge is 2.21. The molecule has 0 saturated heterocycles. The highest BCUT2D eigenvalue weighted by molar-refractivity contribution is 7.91. The van der Waals surface area contributed by atoms with Crippen LogP contribution < -0.4 is 0 Å². The minimum Gasteiger partial charge on any atom is -0.271 e. The third-order valence-electron chi connectivity index (χ3n) is 3.23. The number of para-hydroxylation sites is 1. The number of aromatic nitrogens is 3. The third kappa shape index (κ3) is 3.57. The lowest BCUT2D eigenvalue weighted by Gasteiger charge is -2.05. The van der Waals surface area contributed by atoms with Crippen molar-refractivity contribution >= 4 is 38.4 Å². The van der Waals surface area contributed by atoms with Crippen molar-refractivity contribution in [3.05, 3.63) is 59.1 Å². The highest BCUT2D eigenvalue weighted by Crippen LogP contribution is 2.14. The average molecular weight is 350 g/mol. The second kappa shape index (κ2) is 6.10. The van der Waals surface area contributed by atoms with E-state index in [1.165, 1.54) is 0 Å². The van der Waals surface area contributed by atoms with E-state index in [2.05, 4.69) is 10.3 Å². The molecule has 3 aromatic rings. The SMILES string of the molecule is O=C(CS(=O)(=O)Cc1ccc(Cl)cc1)n1nnc2ccccc21. The monoisotopic (exact) mass is 349 g/mol. The Morgan fingerprint density at radius 1 is 1.09 bits per heavy atom. The van der Waals surface area contributed by atoms with Crippen LogP contribution in [0.1, 0.15) is 10.4 Å². The maximum Gasteiger partial charge on any atom is 0.264 e. The Hall–Kier alpha value is -2.25. The van der Waals surface area contributed by atoms with Gasteiger partial charge in [-0.2, -0.15) is 4.68 Å². The van der Waals surface area contributed by atoms with E-state index in [0.29, 0.717) is 21.6 Å². The number of hydrogen-bond acceptors (Lipinski definition) is 5. The maximum absolute atomic E-state index is 12.2. The zero-order chi connectivity index (χ0) is 16.4. The van der Waals surface area contributed by atoms with E-state index in [0.717, 1.165) is 4.68 Å². The first-order valence-corrected chi connectivity index (χ1v) is 8.93. The molecule has 0 aliphatic carbocycles. The summed E-state index contributed by atoms with van der Waals surface area (Å²) < 4.78 is 25.4. The first-order valence-electron chi connectivity index (χ1n) is 6.73. The number of fused-ring (bicyclic) bond motifs is 1. The smallest absolute Gasteiger partial charge is 0.264 e. The number of nitrogens with zero attached hydrogens (tertiary/aromatic N) is 3. The molecule has 6 nitrogen and oxygen atoms in total. The average Bonchev–Trinajstić information content (AvgIpc) is 2.93. The summed E-state index contributed by atoms with van der Waals surface area (Å²) in [4.78, 5) is 12.2. The Labute approximate surface area is 137 Å². The van der Waals surface area contributed by atoms with Gasteiger partial charge in [0.05, 0.1) is 11.3 Å². The van der Waals surface area contributed by atoms with Crippen LogP contribution in [-0.4, -0.2) is 35.1 Å². The molecule has 0 aliphatic rings. The molecule has 0 spiro atoms. The van der Waals surface area contributed by atoms with E-state index in [9.17, 15) is 13.2 Å². The summed E-state index contributed by atoms with van der Waals surface area (Å²) in [6, 6.07) is 13.3. The van der Waals surface area contributed by atoms with Gasteiger partial charge in [-0.3, -0.25) is 4.79 Å². The quantitative estimate of drug-likeness (QED) is 0.722. The lowest BCUT2D eigenvalue weighted by atomic mass is 10.2. The first kappa shape index (κ1) is 15.6. The topological polar surface area (TPSA) is 81.9 Å². The van der Waals surface area contributed by atoms with Crippen LogP contribution in [0.5, 0.6) is 0 Å². The van der Waals surface area contributed by atoms with Gasteiger partial charge >= 0.3 is 0 Å². The Morgan fingerprint density at radius 2 is 1.78 bits per heavy atom. The van der Waals surface area contributed by atoms with Crippen molar-refractivity contribution in [2.24, 2.45) is 0 Å². The van der Waals surface area contributed by atoms with Crippen molar-refractivity contribution in [2.75, 3.05) is 5.75 Å². The normalized spacial score (nSPS) is 11.7. The van der Waals surface area contributed by atoms with Crippen molar-refractivity contribution in [1.29, 1.82) is 0 Å². The molecule has 0 aliphatic heterocycles. The predicted octanol–water partition coefficient (Wildman–Crippen LogP) is 2.34. The van der Waals surface area contributed by atoms with Crippen LogP contribution >= 0.6 is 11.6 Å². The Balaban J connectivity index is 1.80. The molecule has 0 amide bonds. The van der Waals surface area contributed by atoms with Gasteiger partial charge in [0, 0.05) is 5.02 Å². The molecule has 1 heterocycles. The number of rotatable bonds is 4. The van der Waals surface area contributed by atoms with Crippen LogP contribution in [0.2, 0.25) is 5.02 Å². The fraction of sp³-hybridized carbons (Fsp3) is 0.133. The van der Waals surface area contributed by atoms with Crippen LogP contribution in [0.15, 0.2) is 48.5 Å². The van der Waals surface area contributed by atoms with E-state index in [-0.39, 0.29) is 5.75 Å². The van der Waals surface area contributed by atoms with Crippen LogP contribution in [0.4, 0.5) is 0 Å². The Bertz CT molecular complexity index is 965. The molecule has 118 valence electrons. The van der Waals surface area contributed by atoms with Crippen LogP contribution in [0.3, 0.4) is 0 Å². The van der Waals surface area contributed by atoms with Gasteiger partial charge in [0.1, 0.15) is 11.3 Å². The molecule has 0 radical (unpaired) electrons. The third-order valence-corrected chi connectivity index (χ3v) is 4.94. The van der Waals surface area contributed by atoms with E-state index >= 15 is 0 Å². The van der Waals surface area contributed by atoms with Crippen molar-refractivity contribution < 1.29 is 13.2 Å². The molecule has 0 fully saturated rings. The summed E-state index contributed by atoms with van der Waals surface area (Å²) in [5.74, 6) is -1.50. The summed E-state index contributed by atoms with van der Waals surface area (Å²) in [7, 11) is -3.62. The van der Waals surface area contributed by atoms with E-state index in [4.69, 9.17) is 11.6 Å². The van der Waals surface area contributed by atoms with Gasteiger partial charge in [-0.1, -0.05) is 41.1 Å². The first-order chi connectivity index (χ1) is 10.9. The molecule has 2 aromatic carbocycles. The van der Waals surface area contributed by atoms with Gasteiger partial charge in [-0.15, -0.1) is 5.10 Å². The summed E-state index contributed by atoms with van der Waals surface area (Å²) in [5.41, 5.74) is 1.60. The molecular weight excluding hydrogens is 338 g/mol. The minimum absolute atomic E-state index is 0.234. The molecule has 0 saturated carbocycles. The molecule has 0 N–H and O–H groups in total. The van der Waals surface area contributed by atoms with Gasteiger partial charge in [0.15, 0.2) is 9.84 Å². The number of carbonyl (C=O) groups excluding carboxylic acids is 1. The van der Waals surface area contributed by atoms with Gasteiger partial charge in [-0.05, 0) is 29.8 Å². The zero-order valence-corrected chi connectivity index (χ0v) is 13.5. The number of benzene rings is 2. The molecule has 23 heavy (non-hydrogen) atoms. The summed E-state index contributed by atoms with van der Waals surface area (Å²) >= 11 is 5.77. The molecule has 8 heteroatoms. The number of hydrogen-bond donors (Lipinski definition) is 0. The standard InChI is InChI=1S/C15H12ClN3O3S/c16-12-7-5-11(6-8-12)9-23(21,22)10-15(20)19-14-4-2-1-3-13(14)17-18-19/h1-8H,9-10H2. The number of halogens is 1. The molecule has 0 atom stereocenters. The molecular formula is C15H12ClN3O3S. The summed E-state index contributed by atoms with van der Waals surface area (Å²) in [5, 5.41) is 8.10. The van der Waals surface area contributed by atoms with Crippen LogP contribution in [0.25, 0.3) is 11.0 Å². The molecule has 0 unspecified atom stereocenters. The predicted molar refractivity (Wildman–Crippen MR) is 87.1 cm³/mol. The Kier molecular flexibility index (Phi) is 4.14. The van der Waals surface area contributed by atoms with Gasteiger partial charge in [0.25, 0.3) is 5.91 Å². The number of sulfone groups is 1. The zero-order valence-electron chi connectivity index (χ0n) is 11.9. The lowest BCUT2D eigenvalue weighted by Crippen LogP contribution is -2.24. The van der Waals surface area contributed by atoms with E-state index in [1.807, 2.05) is 0 Å². The van der Waals surface area contributed by atoms with Gasteiger partial charge in [0.2, 0.25) is 0 Å². The fourth-order valence-electron chi connectivity index (χ4n) is 2.19. The van der Waals surface area contributed by atoms with Crippen molar-refractivity contribution in [2.45, 2.75) is 5.75 Å². The largest absolute Gasteiger partial charge is 0.271 e. The van der Waals surface area contributed by atoms with Gasteiger partial charge in [-0.25, -0.2) is 8.42 Å². The number of carbonyl (C=O) groups is 1. The second-order valence-electron chi connectivity index (χ2n) is 5.04. The summed E-state index contributed by atoms with van der Waals surface area (Å²) in [6.07, 6.45) is 0. The van der Waals surface area contributed by atoms with Crippen molar-refractivity contribution in [3.63, 3.8) is 0 Å². The minimum atomic E-state index is -3.62.